The highest BCUT2D eigenvalue weighted by Gasteiger charge is 2.04. The monoisotopic (exact) mass is 193 g/mol. The van der Waals surface area contributed by atoms with Crippen molar-refractivity contribution >= 4 is 23.9 Å². The molecule has 0 aromatic carbocycles. The molecule has 0 aromatic heterocycles. The van der Waals surface area contributed by atoms with E-state index in [1.807, 2.05) is 0 Å². The fourth-order valence-electron chi connectivity index (χ4n) is 0.151. The topological polar surface area (TPSA) is 141 Å². The molecule has 0 fully saturated rings. The van der Waals surface area contributed by atoms with Gasteiger partial charge in [-0.3, -0.25) is 10.1 Å². The molecule has 4 N–H and O–H groups in total. The molecule has 0 saturated carbocycles. The second kappa shape index (κ2) is 6.58. The average Bonchev–Trinajstić information content (AvgIpc) is 1.84. The van der Waals surface area contributed by atoms with Crippen molar-refractivity contribution in [2.45, 2.75) is 6.92 Å². The SMILES string of the molecule is CC(=O)NC(=O)O.O=C(O)C(=O)O. The molecule has 0 radical (unpaired) electrons. The maximum absolute atomic E-state index is 9.76. The summed E-state index contributed by atoms with van der Waals surface area (Å²) in [6.45, 7) is 1.13. The average molecular weight is 193 g/mol. The van der Waals surface area contributed by atoms with Crippen molar-refractivity contribution in [2.24, 2.45) is 0 Å². The minimum Gasteiger partial charge on any atom is -0.473 e. The molecule has 0 bridgehead atoms. The summed E-state index contributed by atoms with van der Waals surface area (Å²) in [5.41, 5.74) is 0. The van der Waals surface area contributed by atoms with E-state index >= 15 is 0 Å². The highest BCUT2D eigenvalue weighted by molar-refractivity contribution is 6.27. The van der Waals surface area contributed by atoms with E-state index in [0.717, 1.165) is 6.92 Å². The van der Waals surface area contributed by atoms with Crippen LogP contribution in [0.25, 0.3) is 0 Å². The quantitative estimate of drug-likeness (QED) is 0.360. The number of imide groups is 1. The summed E-state index contributed by atoms with van der Waals surface area (Å²) in [6, 6.07) is 0. The van der Waals surface area contributed by atoms with Gasteiger partial charge in [0.05, 0.1) is 0 Å². The van der Waals surface area contributed by atoms with Gasteiger partial charge in [-0.25, -0.2) is 14.4 Å². The summed E-state index contributed by atoms with van der Waals surface area (Å²) in [7, 11) is 0. The number of nitrogens with one attached hydrogen (secondary N) is 1. The summed E-state index contributed by atoms with van der Waals surface area (Å²) in [5, 5.41) is 24.1. The Morgan fingerprint density at radius 2 is 1.23 bits per heavy atom. The third-order valence-electron chi connectivity index (χ3n) is 0.466. The highest BCUT2D eigenvalue weighted by atomic mass is 16.4. The van der Waals surface area contributed by atoms with E-state index in [1.165, 1.54) is 0 Å². The Hall–Kier alpha value is -2.12. The zero-order valence-electron chi connectivity index (χ0n) is 6.47. The Balaban J connectivity index is 0. The maximum Gasteiger partial charge on any atom is 0.414 e. The lowest BCUT2D eigenvalue weighted by Crippen LogP contribution is -2.25. The standard InChI is InChI=1S/C3H5NO3.C2H2O4/c1-2(5)4-3(6)7;3-1(4)2(5)6/h1H3,(H,4,5)(H,6,7);(H,3,4)(H,5,6). The molecule has 74 valence electrons. The number of aliphatic carboxylic acids is 2. The molecule has 13 heavy (non-hydrogen) atoms. The second-order valence-corrected chi connectivity index (χ2v) is 1.60. The third kappa shape index (κ3) is 17.7. The zero-order chi connectivity index (χ0) is 11.0. The molecule has 0 unspecified atom stereocenters. The minimum atomic E-state index is -1.82. The Morgan fingerprint density at radius 1 is 0.923 bits per heavy atom. The molecule has 0 heterocycles. The van der Waals surface area contributed by atoms with Crippen molar-refractivity contribution in [3.05, 3.63) is 0 Å². The van der Waals surface area contributed by atoms with Gasteiger partial charge in [0.25, 0.3) is 0 Å². The van der Waals surface area contributed by atoms with E-state index in [9.17, 15) is 9.59 Å². The number of carboxylic acid groups (broad SMARTS) is 3. The molecule has 0 aliphatic rings. The van der Waals surface area contributed by atoms with Crippen LogP contribution in [0, 0.1) is 0 Å². The van der Waals surface area contributed by atoms with Crippen LogP contribution in [-0.2, 0) is 14.4 Å². The molecular weight excluding hydrogens is 186 g/mol. The second-order valence-electron chi connectivity index (χ2n) is 1.60. The number of carboxylic acids is 2. The summed E-state index contributed by atoms with van der Waals surface area (Å²) in [6.07, 6.45) is -1.31. The Kier molecular flexibility index (Phi) is 6.82. The Labute approximate surface area is 71.8 Å². The fraction of sp³-hybridized carbons (Fsp3) is 0.200. The number of rotatable bonds is 0. The van der Waals surface area contributed by atoms with Gasteiger partial charge >= 0.3 is 18.0 Å². The highest BCUT2D eigenvalue weighted by Crippen LogP contribution is 1.59. The first kappa shape index (κ1) is 13.5. The van der Waals surface area contributed by atoms with Crippen LogP contribution < -0.4 is 5.32 Å². The molecule has 0 spiro atoms. The summed E-state index contributed by atoms with van der Waals surface area (Å²) in [4.78, 5) is 37.4. The number of hydrogen-bond acceptors (Lipinski definition) is 4. The van der Waals surface area contributed by atoms with E-state index in [2.05, 4.69) is 0 Å². The molecular formula is C5H7NO7. The minimum absolute atomic E-state index is 0.562. The van der Waals surface area contributed by atoms with Gasteiger partial charge in [0.1, 0.15) is 0 Å². The molecule has 0 aromatic rings. The first-order chi connectivity index (χ1) is 5.77. The molecule has 0 atom stereocenters. The first-order valence-corrected chi connectivity index (χ1v) is 2.74. The predicted molar refractivity (Wildman–Crippen MR) is 37.1 cm³/mol. The molecule has 2 amide bonds. The number of amides is 2. The Morgan fingerprint density at radius 3 is 1.23 bits per heavy atom. The van der Waals surface area contributed by atoms with Crippen molar-refractivity contribution < 1.29 is 34.5 Å². The van der Waals surface area contributed by atoms with E-state index in [1.54, 1.807) is 5.32 Å². The van der Waals surface area contributed by atoms with Crippen LogP contribution in [-0.4, -0.2) is 39.3 Å². The van der Waals surface area contributed by atoms with Gasteiger partial charge in [-0.2, -0.15) is 0 Å². The predicted octanol–water partition coefficient (Wildman–Crippen LogP) is -1.04. The fourth-order valence-corrected chi connectivity index (χ4v) is 0.151. The van der Waals surface area contributed by atoms with Crippen LogP contribution >= 0.6 is 0 Å². The van der Waals surface area contributed by atoms with Gasteiger partial charge in [0, 0.05) is 6.92 Å². The van der Waals surface area contributed by atoms with Gasteiger partial charge in [0.2, 0.25) is 5.91 Å². The van der Waals surface area contributed by atoms with Crippen molar-refractivity contribution in [3.8, 4) is 0 Å². The lowest BCUT2D eigenvalue weighted by atomic mass is 10.7. The van der Waals surface area contributed by atoms with Crippen molar-refractivity contribution in [1.29, 1.82) is 0 Å². The van der Waals surface area contributed by atoms with E-state index < -0.39 is 23.9 Å². The molecule has 8 heteroatoms. The van der Waals surface area contributed by atoms with E-state index in [4.69, 9.17) is 24.9 Å². The van der Waals surface area contributed by atoms with Gasteiger partial charge in [0.15, 0.2) is 0 Å². The van der Waals surface area contributed by atoms with Crippen molar-refractivity contribution in [3.63, 3.8) is 0 Å². The number of hydrogen-bond donors (Lipinski definition) is 4. The molecule has 0 rings (SSSR count). The van der Waals surface area contributed by atoms with Crippen LogP contribution in [0.3, 0.4) is 0 Å². The van der Waals surface area contributed by atoms with Gasteiger partial charge < -0.3 is 15.3 Å². The molecule has 0 aliphatic heterocycles. The van der Waals surface area contributed by atoms with Gasteiger partial charge in [-0.1, -0.05) is 0 Å². The summed E-state index contributed by atoms with van der Waals surface area (Å²) in [5.74, 6) is -4.21. The van der Waals surface area contributed by atoms with E-state index in [-0.39, 0.29) is 0 Å². The first-order valence-electron chi connectivity index (χ1n) is 2.74. The Bertz CT molecular complexity index is 209. The van der Waals surface area contributed by atoms with Crippen LogP contribution in [0.5, 0.6) is 0 Å². The summed E-state index contributed by atoms with van der Waals surface area (Å²) >= 11 is 0. The lowest BCUT2D eigenvalue weighted by Gasteiger charge is -1.86. The van der Waals surface area contributed by atoms with Crippen molar-refractivity contribution in [1.82, 2.24) is 5.32 Å². The van der Waals surface area contributed by atoms with E-state index in [0.29, 0.717) is 0 Å². The van der Waals surface area contributed by atoms with Crippen LogP contribution in [0.15, 0.2) is 0 Å². The summed E-state index contributed by atoms with van der Waals surface area (Å²) < 4.78 is 0. The largest absolute Gasteiger partial charge is 0.473 e. The van der Waals surface area contributed by atoms with Crippen LogP contribution in [0.1, 0.15) is 6.92 Å². The van der Waals surface area contributed by atoms with Crippen molar-refractivity contribution in [2.75, 3.05) is 0 Å². The number of carbonyl (C=O) groups is 4. The van der Waals surface area contributed by atoms with Crippen LogP contribution in [0.4, 0.5) is 4.79 Å². The molecule has 0 saturated heterocycles. The number of carbonyl (C=O) groups excluding carboxylic acids is 1. The lowest BCUT2D eigenvalue weighted by molar-refractivity contribution is -0.159. The molecule has 8 nitrogen and oxygen atoms in total. The van der Waals surface area contributed by atoms with Gasteiger partial charge in [-0.05, 0) is 0 Å². The molecule has 0 aliphatic carbocycles. The van der Waals surface area contributed by atoms with Crippen LogP contribution in [0.2, 0.25) is 0 Å². The normalized spacial score (nSPS) is 7.46. The maximum atomic E-state index is 9.76. The zero-order valence-corrected chi connectivity index (χ0v) is 6.47. The van der Waals surface area contributed by atoms with Gasteiger partial charge in [-0.15, -0.1) is 0 Å². The smallest absolute Gasteiger partial charge is 0.414 e. The third-order valence-corrected chi connectivity index (χ3v) is 0.466.